The molecule has 3 rings (SSSR count). The van der Waals surface area contributed by atoms with Crippen molar-refractivity contribution in [2.45, 2.75) is 57.4 Å². The maximum Gasteiger partial charge on any atom is 0.101 e. The first-order valence-corrected chi connectivity index (χ1v) is 7.95. The van der Waals surface area contributed by atoms with Crippen molar-refractivity contribution in [2.75, 3.05) is 5.32 Å². The number of nitrogens with one attached hydrogen (secondary N) is 1. The summed E-state index contributed by atoms with van der Waals surface area (Å²) in [6.07, 6.45) is 10.8. The summed E-state index contributed by atoms with van der Waals surface area (Å²) in [5.41, 5.74) is 2.54. The Labute approximate surface area is 126 Å². The van der Waals surface area contributed by atoms with E-state index in [0.29, 0.717) is 22.6 Å². The van der Waals surface area contributed by atoms with Gasteiger partial charge in [0.15, 0.2) is 0 Å². The lowest BCUT2D eigenvalue weighted by molar-refractivity contribution is 0.188. The van der Waals surface area contributed by atoms with Gasteiger partial charge in [0.2, 0.25) is 0 Å². The second-order valence-corrected chi connectivity index (χ2v) is 6.61. The van der Waals surface area contributed by atoms with Crippen molar-refractivity contribution in [2.24, 2.45) is 5.41 Å². The standard InChI is InChI=1S/C18H21N3/c19-12-14-3-4-17(11-15(14)13-20)21-16-5-9-18(10-6-16)7-1-2-8-18/h3-4,11,16,21H,1-2,5-10H2. The molecule has 2 aliphatic carbocycles. The maximum atomic E-state index is 9.09. The number of hydrogen-bond acceptors (Lipinski definition) is 3. The number of anilines is 1. The van der Waals surface area contributed by atoms with Crippen LogP contribution in [0, 0.1) is 28.1 Å². The van der Waals surface area contributed by atoms with E-state index >= 15 is 0 Å². The zero-order valence-electron chi connectivity index (χ0n) is 12.4. The minimum Gasteiger partial charge on any atom is -0.382 e. The molecule has 0 aromatic heterocycles. The van der Waals surface area contributed by atoms with Gasteiger partial charge >= 0.3 is 0 Å². The van der Waals surface area contributed by atoms with Gasteiger partial charge in [-0.15, -0.1) is 0 Å². The van der Waals surface area contributed by atoms with Crippen LogP contribution in [-0.4, -0.2) is 6.04 Å². The van der Waals surface area contributed by atoms with E-state index in [9.17, 15) is 0 Å². The van der Waals surface area contributed by atoms with Crippen molar-refractivity contribution in [1.29, 1.82) is 10.5 Å². The number of nitrogens with zero attached hydrogens (tertiary/aromatic N) is 2. The minimum absolute atomic E-state index is 0.455. The number of nitriles is 2. The molecular weight excluding hydrogens is 258 g/mol. The lowest BCUT2D eigenvalue weighted by Crippen LogP contribution is -2.31. The Morgan fingerprint density at radius 1 is 0.952 bits per heavy atom. The van der Waals surface area contributed by atoms with Crippen molar-refractivity contribution in [3.05, 3.63) is 29.3 Å². The molecule has 2 saturated carbocycles. The minimum atomic E-state index is 0.455. The van der Waals surface area contributed by atoms with E-state index in [-0.39, 0.29) is 0 Å². The van der Waals surface area contributed by atoms with Gasteiger partial charge in [0, 0.05) is 11.7 Å². The molecule has 1 N–H and O–H groups in total. The SMILES string of the molecule is N#Cc1ccc(NC2CCC3(CCCC3)CC2)cc1C#N. The van der Waals surface area contributed by atoms with E-state index in [1.165, 1.54) is 51.4 Å². The zero-order chi connectivity index (χ0) is 14.7. The first-order valence-electron chi connectivity index (χ1n) is 7.95. The third-order valence-corrected chi connectivity index (χ3v) is 5.34. The maximum absolute atomic E-state index is 9.09. The lowest BCUT2D eigenvalue weighted by Gasteiger charge is -2.37. The molecule has 0 aliphatic heterocycles. The summed E-state index contributed by atoms with van der Waals surface area (Å²) in [6.45, 7) is 0. The molecule has 1 aromatic carbocycles. The number of hydrogen-bond donors (Lipinski definition) is 1. The lowest BCUT2D eigenvalue weighted by atomic mass is 9.71. The van der Waals surface area contributed by atoms with Crippen molar-refractivity contribution in [3.63, 3.8) is 0 Å². The van der Waals surface area contributed by atoms with E-state index in [1.54, 1.807) is 12.1 Å². The van der Waals surface area contributed by atoms with E-state index in [1.807, 2.05) is 6.07 Å². The van der Waals surface area contributed by atoms with Crippen LogP contribution in [0.2, 0.25) is 0 Å². The molecule has 1 aromatic rings. The molecule has 21 heavy (non-hydrogen) atoms. The molecule has 3 heteroatoms. The van der Waals surface area contributed by atoms with Crippen molar-refractivity contribution >= 4 is 5.69 Å². The van der Waals surface area contributed by atoms with E-state index < -0.39 is 0 Å². The molecule has 2 fully saturated rings. The zero-order valence-corrected chi connectivity index (χ0v) is 12.4. The third kappa shape index (κ3) is 2.88. The Bertz CT molecular complexity index is 590. The molecule has 0 atom stereocenters. The molecule has 3 nitrogen and oxygen atoms in total. The summed E-state index contributed by atoms with van der Waals surface area (Å²) in [7, 11) is 0. The largest absolute Gasteiger partial charge is 0.382 e. The highest BCUT2D eigenvalue weighted by atomic mass is 14.9. The smallest absolute Gasteiger partial charge is 0.101 e. The Kier molecular flexibility index (Phi) is 3.84. The van der Waals surface area contributed by atoms with Gasteiger partial charge in [-0.05, 0) is 62.1 Å². The van der Waals surface area contributed by atoms with Crippen molar-refractivity contribution in [3.8, 4) is 12.1 Å². The van der Waals surface area contributed by atoms with Crippen LogP contribution in [0.4, 0.5) is 5.69 Å². The molecule has 0 bridgehead atoms. The van der Waals surface area contributed by atoms with Gasteiger partial charge in [-0.25, -0.2) is 0 Å². The quantitative estimate of drug-likeness (QED) is 0.875. The normalized spacial score (nSPS) is 20.9. The molecule has 0 saturated heterocycles. The molecule has 0 heterocycles. The van der Waals surface area contributed by atoms with E-state index in [2.05, 4.69) is 17.5 Å². The van der Waals surface area contributed by atoms with Crippen LogP contribution < -0.4 is 5.32 Å². The third-order valence-electron chi connectivity index (χ3n) is 5.34. The molecule has 1 spiro atoms. The Morgan fingerprint density at radius 3 is 2.24 bits per heavy atom. The average Bonchev–Trinajstić information content (AvgIpc) is 2.98. The molecule has 0 unspecified atom stereocenters. The topological polar surface area (TPSA) is 59.6 Å². The average molecular weight is 279 g/mol. The summed E-state index contributed by atoms with van der Waals surface area (Å²) in [6, 6.07) is 10.1. The predicted octanol–water partition coefficient (Wildman–Crippen LogP) is 4.34. The van der Waals surface area contributed by atoms with Crippen LogP contribution in [0.5, 0.6) is 0 Å². The van der Waals surface area contributed by atoms with Crippen LogP contribution in [0.15, 0.2) is 18.2 Å². The molecular formula is C18H21N3. The van der Waals surface area contributed by atoms with Gasteiger partial charge in [0.05, 0.1) is 11.1 Å². The highest BCUT2D eigenvalue weighted by molar-refractivity contribution is 5.56. The second kappa shape index (κ2) is 5.78. The summed E-state index contributed by atoms with van der Waals surface area (Å²) >= 11 is 0. The van der Waals surface area contributed by atoms with Gasteiger partial charge in [-0.1, -0.05) is 12.8 Å². The molecule has 2 aliphatic rings. The summed E-state index contributed by atoms with van der Waals surface area (Å²) in [5.74, 6) is 0. The van der Waals surface area contributed by atoms with Crippen molar-refractivity contribution < 1.29 is 0 Å². The molecule has 108 valence electrons. The van der Waals surface area contributed by atoms with Gasteiger partial charge in [0.1, 0.15) is 12.1 Å². The van der Waals surface area contributed by atoms with Gasteiger partial charge < -0.3 is 5.32 Å². The van der Waals surface area contributed by atoms with Gasteiger partial charge in [-0.2, -0.15) is 10.5 Å². The summed E-state index contributed by atoms with van der Waals surface area (Å²) < 4.78 is 0. The van der Waals surface area contributed by atoms with Gasteiger partial charge in [0.25, 0.3) is 0 Å². The van der Waals surface area contributed by atoms with Crippen molar-refractivity contribution in [1.82, 2.24) is 0 Å². The second-order valence-electron chi connectivity index (χ2n) is 6.61. The molecule has 0 radical (unpaired) electrons. The fourth-order valence-corrected chi connectivity index (χ4v) is 4.06. The monoisotopic (exact) mass is 279 g/mol. The van der Waals surface area contributed by atoms with Gasteiger partial charge in [-0.3, -0.25) is 0 Å². The highest BCUT2D eigenvalue weighted by Crippen LogP contribution is 2.49. The van der Waals surface area contributed by atoms with Crippen LogP contribution in [0.25, 0.3) is 0 Å². The van der Waals surface area contributed by atoms with Crippen LogP contribution in [0.3, 0.4) is 0 Å². The number of rotatable bonds is 2. The fourth-order valence-electron chi connectivity index (χ4n) is 4.06. The first-order chi connectivity index (χ1) is 10.2. The van der Waals surface area contributed by atoms with E-state index in [0.717, 1.165) is 5.69 Å². The Balaban J connectivity index is 1.63. The number of benzene rings is 1. The molecule has 0 amide bonds. The predicted molar refractivity (Wildman–Crippen MR) is 82.7 cm³/mol. The Morgan fingerprint density at radius 2 is 1.62 bits per heavy atom. The fraction of sp³-hybridized carbons (Fsp3) is 0.556. The van der Waals surface area contributed by atoms with Crippen LogP contribution in [0.1, 0.15) is 62.5 Å². The van der Waals surface area contributed by atoms with Crippen LogP contribution in [-0.2, 0) is 0 Å². The summed E-state index contributed by atoms with van der Waals surface area (Å²) in [4.78, 5) is 0. The van der Waals surface area contributed by atoms with E-state index in [4.69, 9.17) is 10.5 Å². The highest BCUT2D eigenvalue weighted by Gasteiger charge is 2.37. The summed E-state index contributed by atoms with van der Waals surface area (Å²) in [5, 5.41) is 21.6. The van der Waals surface area contributed by atoms with Crippen LogP contribution >= 0.6 is 0 Å². The first kappa shape index (κ1) is 14.0. The Hall–Kier alpha value is -2.00.